The van der Waals surface area contributed by atoms with Crippen LogP contribution in [0.1, 0.15) is 28.3 Å². The van der Waals surface area contributed by atoms with Crippen LogP contribution in [0.4, 0.5) is 0 Å². The van der Waals surface area contributed by atoms with Gasteiger partial charge < -0.3 is 0 Å². The minimum Gasteiger partial charge on any atom is -0.271 e. The number of nitrogens with one attached hydrogen (secondary N) is 1. The van der Waals surface area contributed by atoms with Gasteiger partial charge in [0.15, 0.2) is 0 Å². The molecule has 0 aliphatic carbocycles. The third kappa shape index (κ3) is 2.44. The van der Waals surface area contributed by atoms with E-state index < -0.39 is 0 Å². The molecule has 21 heavy (non-hydrogen) atoms. The SMILES string of the molecule is Cc1cccc(C)c1C(NN)c1cccc2ccccc12. The van der Waals surface area contributed by atoms with Crippen molar-refractivity contribution in [3.05, 3.63) is 82.9 Å². The van der Waals surface area contributed by atoms with E-state index in [-0.39, 0.29) is 6.04 Å². The van der Waals surface area contributed by atoms with Crippen LogP contribution in [0.5, 0.6) is 0 Å². The molecule has 3 aromatic carbocycles. The van der Waals surface area contributed by atoms with E-state index in [4.69, 9.17) is 5.84 Å². The van der Waals surface area contributed by atoms with Gasteiger partial charge in [-0.25, -0.2) is 5.43 Å². The summed E-state index contributed by atoms with van der Waals surface area (Å²) in [5.41, 5.74) is 8.00. The van der Waals surface area contributed by atoms with Crippen LogP contribution in [0.15, 0.2) is 60.7 Å². The zero-order valence-corrected chi connectivity index (χ0v) is 12.4. The highest BCUT2D eigenvalue weighted by atomic mass is 15.2. The van der Waals surface area contributed by atoms with Gasteiger partial charge in [0, 0.05) is 0 Å². The average Bonchev–Trinajstić information content (AvgIpc) is 2.51. The summed E-state index contributed by atoms with van der Waals surface area (Å²) >= 11 is 0. The van der Waals surface area contributed by atoms with Crippen molar-refractivity contribution in [1.29, 1.82) is 0 Å². The summed E-state index contributed by atoms with van der Waals surface area (Å²) < 4.78 is 0. The number of fused-ring (bicyclic) bond motifs is 1. The lowest BCUT2D eigenvalue weighted by molar-refractivity contribution is 0.634. The third-order valence-electron chi connectivity index (χ3n) is 4.13. The molecule has 1 atom stereocenters. The van der Waals surface area contributed by atoms with Crippen molar-refractivity contribution in [3.63, 3.8) is 0 Å². The predicted molar refractivity (Wildman–Crippen MR) is 89.0 cm³/mol. The Bertz CT molecular complexity index is 752. The second-order valence-electron chi connectivity index (χ2n) is 5.47. The molecule has 1 unspecified atom stereocenters. The van der Waals surface area contributed by atoms with Gasteiger partial charge in [-0.1, -0.05) is 60.7 Å². The number of nitrogens with two attached hydrogens (primary N) is 1. The quantitative estimate of drug-likeness (QED) is 0.560. The molecule has 3 rings (SSSR count). The van der Waals surface area contributed by atoms with E-state index in [1.165, 1.54) is 33.0 Å². The van der Waals surface area contributed by atoms with Crippen molar-refractivity contribution >= 4 is 10.8 Å². The first-order chi connectivity index (χ1) is 10.2. The van der Waals surface area contributed by atoms with Gasteiger partial charge >= 0.3 is 0 Å². The van der Waals surface area contributed by atoms with Crippen molar-refractivity contribution < 1.29 is 0 Å². The van der Waals surface area contributed by atoms with Crippen LogP contribution < -0.4 is 11.3 Å². The minimum atomic E-state index is -0.00250. The molecule has 0 aromatic heterocycles. The van der Waals surface area contributed by atoms with Gasteiger partial charge in [0.2, 0.25) is 0 Å². The van der Waals surface area contributed by atoms with Crippen molar-refractivity contribution in [3.8, 4) is 0 Å². The molecule has 0 aliphatic rings. The highest BCUT2D eigenvalue weighted by Gasteiger charge is 2.18. The summed E-state index contributed by atoms with van der Waals surface area (Å²) in [6.45, 7) is 4.27. The Kier molecular flexibility index (Phi) is 3.74. The Morgan fingerprint density at radius 2 is 1.43 bits per heavy atom. The molecular weight excluding hydrogens is 256 g/mol. The standard InChI is InChI=1S/C19H20N2/c1-13-7-5-8-14(2)18(13)19(21-20)17-12-6-10-15-9-3-4-11-16(15)17/h3-12,19,21H,20H2,1-2H3. The minimum absolute atomic E-state index is 0.00250. The van der Waals surface area contributed by atoms with Crippen LogP contribution in [0.3, 0.4) is 0 Å². The first-order valence-corrected chi connectivity index (χ1v) is 7.22. The number of hydrogen-bond donors (Lipinski definition) is 2. The van der Waals surface area contributed by atoms with E-state index in [9.17, 15) is 0 Å². The van der Waals surface area contributed by atoms with Gasteiger partial charge in [-0.05, 0) is 46.9 Å². The summed E-state index contributed by atoms with van der Waals surface area (Å²) in [6, 6.07) is 21.2. The summed E-state index contributed by atoms with van der Waals surface area (Å²) in [7, 11) is 0. The van der Waals surface area contributed by atoms with Crippen LogP contribution in [0.2, 0.25) is 0 Å². The van der Waals surface area contributed by atoms with Crippen LogP contribution >= 0.6 is 0 Å². The van der Waals surface area contributed by atoms with Crippen LogP contribution in [0, 0.1) is 13.8 Å². The van der Waals surface area contributed by atoms with Crippen LogP contribution in [-0.2, 0) is 0 Å². The Balaban J connectivity index is 2.24. The first kappa shape index (κ1) is 13.8. The van der Waals surface area contributed by atoms with Crippen molar-refractivity contribution in [2.24, 2.45) is 5.84 Å². The maximum atomic E-state index is 5.92. The van der Waals surface area contributed by atoms with E-state index in [0.29, 0.717) is 0 Å². The third-order valence-corrected chi connectivity index (χ3v) is 4.13. The molecule has 0 spiro atoms. The Labute approximate surface area is 125 Å². The summed E-state index contributed by atoms with van der Waals surface area (Å²) in [6.07, 6.45) is 0. The normalized spacial score (nSPS) is 12.5. The Morgan fingerprint density at radius 3 is 2.14 bits per heavy atom. The van der Waals surface area contributed by atoms with Gasteiger partial charge in [-0.2, -0.15) is 0 Å². The largest absolute Gasteiger partial charge is 0.271 e. The molecule has 3 aromatic rings. The van der Waals surface area contributed by atoms with Crippen molar-refractivity contribution in [2.75, 3.05) is 0 Å². The molecule has 2 nitrogen and oxygen atoms in total. The first-order valence-electron chi connectivity index (χ1n) is 7.22. The summed E-state index contributed by atoms with van der Waals surface area (Å²) in [5, 5.41) is 2.48. The van der Waals surface area contributed by atoms with Gasteiger partial charge in [-0.15, -0.1) is 0 Å². The fourth-order valence-electron chi connectivity index (χ4n) is 3.11. The lowest BCUT2D eigenvalue weighted by Crippen LogP contribution is -2.30. The highest BCUT2D eigenvalue weighted by molar-refractivity contribution is 5.86. The summed E-state index contributed by atoms with van der Waals surface area (Å²) in [4.78, 5) is 0. The molecule has 0 fully saturated rings. The van der Waals surface area contributed by atoms with Crippen molar-refractivity contribution in [2.45, 2.75) is 19.9 Å². The molecule has 0 heterocycles. The smallest absolute Gasteiger partial charge is 0.0721 e. The highest BCUT2D eigenvalue weighted by Crippen LogP contribution is 2.31. The molecule has 106 valence electrons. The molecular formula is C19H20N2. The van der Waals surface area contributed by atoms with E-state index in [0.717, 1.165) is 0 Å². The average molecular weight is 276 g/mol. The fourth-order valence-corrected chi connectivity index (χ4v) is 3.11. The van der Waals surface area contributed by atoms with Gasteiger partial charge in [0.1, 0.15) is 0 Å². The molecule has 0 amide bonds. The lowest BCUT2D eigenvalue weighted by Gasteiger charge is -2.22. The summed E-state index contributed by atoms with van der Waals surface area (Å²) in [5.74, 6) is 5.92. The lowest BCUT2D eigenvalue weighted by atomic mass is 9.89. The Morgan fingerprint density at radius 1 is 0.810 bits per heavy atom. The van der Waals surface area contributed by atoms with E-state index in [1.54, 1.807) is 0 Å². The Hall–Kier alpha value is -2.16. The van der Waals surface area contributed by atoms with Gasteiger partial charge in [0.05, 0.1) is 6.04 Å². The topological polar surface area (TPSA) is 38.0 Å². The maximum Gasteiger partial charge on any atom is 0.0721 e. The van der Waals surface area contributed by atoms with Gasteiger partial charge in [0.25, 0.3) is 0 Å². The molecule has 0 aliphatic heterocycles. The monoisotopic (exact) mass is 276 g/mol. The predicted octanol–water partition coefficient (Wildman–Crippen LogP) is 4.01. The zero-order valence-electron chi connectivity index (χ0n) is 12.4. The van der Waals surface area contributed by atoms with Crippen LogP contribution in [0.25, 0.3) is 10.8 Å². The number of benzene rings is 3. The molecule has 0 saturated heterocycles. The second-order valence-corrected chi connectivity index (χ2v) is 5.47. The molecule has 3 N–H and O–H groups in total. The second kappa shape index (κ2) is 5.68. The van der Waals surface area contributed by atoms with Crippen LogP contribution in [-0.4, -0.2) is 0 Å². The fraction of sp³-hybridized carbons (Fsp3) is 0.158. The molecule has 0 saturated carbocycles. The van der Waals surface area contributed by atoms with E-state index in [1.807, 2.05) is 0 Å². The number of aryl methyl sites for hydroxylation is 2. The van der Waals surface area contributed by atoms with E-state index >= 15 is 0 Å². The number of rotatable bonds is 3. The van der Waals surface area contributed by atoms with E-state index in [2.05, 4.69) is 79.9 Å². The maximum absolute atomic E-state index is 5.92. The zero-order chi connectivity index (χ0) is 14.8. The molecule has 0 radical (unpaired) electrons. The molecule has 2 heteroatoms. The van der Waals surface area contributed by atoms with Gasteiger partial charge in [-0.3, -0.25) is 5.84 Å². The number of hydrazine groups is 1. The molecule has 0 bridgehead atoms. The number of hydrogen-bond acceptors (Lipinski definition) is 2. The van der Waals surface area contributed by atoms with Crippen molar-refractivity contribution in [1.82, 2.24) is 5.43 Å².